The molecule has 1 fully saturated rings. The molecule has 0 saturated carbocycles. The van der Waals surface area contributed by atoms with Crippen molar-refractivity contribution < 1.29 is 0 Å². The molecular weight excluding hydrogens is 304 g/mol. The topological polar surface area (TPSA) is 40.0 Å². The maximum Gasteiger partial charge on any atom is 0.118 e. The van der Waals surface area contributed by atoms with Crippen molar-refractivity contribution in [2.45, 2.75) is 31.6 Å². The van der Waals surface area contributed by atoms with E-state index in [1.165, 1.54) is 11.3 Å². The van der Waals surface area contributed by atoms with Gasteiger partial charge < -0.3 is 10.2 Å². The molecule has 0 aromatic heterocycles. The van der Waals surface area contributed by atoms with Crippen molar-refractivity contribution in [2.75, 3.05) is 13.1 Å². The van der Waals surface area contributed by atoms with Gasteiger partial charge in [-0.3, -0.25) is 9.98 Å². The van der Waals surface area contributed by atoms with Gasteiger partial charge in [0.25, 0.3) is 0 Å². The molecule has 23 heavy (non-hydrogen) atoms. The molecular formula is C18H22N4S. The monoisotopic (exact) mass is 326 g/mol. The molecule has 1 saturated heterocycles. The van der Waals surface area contributed by atoms with E-state index in [9.17, 15) is 0 Å². The zero-order valence-corrected chi connectivity index (χ0v) is 14.5. The SMILES string of the molecule is C=C(C)NC1CC2=C(C3=NC=C3)CN=C(C(S)C3(C)C=C3)N2C1. The van der Waals surface area contributed by atoms with Crippen LogP contribution in [-0.4, -0.2) is 40.8 Å². The van der Waals surface area contributed by atoms with Gasteiger partial charge in [0.05, 0.1) is 17.5 Å². The predicted octanol–water partition coefficient (Wildman–Crippen LogP) is 2.69. The van der Waals surface area contributed by atoms with Crippen LogP contribution in [0.25, 0.3) is 0 Å². The second-order valence-corrected chi connectivity index (χ2v) is 7.48. The smallest absolute Gasteiger partial charge is 0.118 e. The van der Waals surface area contributed by atoms with Crippen molar-refractivity contribution in [1.29, 1.82) is 0 Å². The number of hydrogen-bond acceptors (Lipinski definition) is 5. The summed E-state index contributed by atoms with van der Waals surface area (Å²) in [6.07, 6.45) is 9.33. The Labute approximate surface area is 142 Å². The van der Waals surface area contributed by atoms with Crippen molar-refractivity contribution in [2.24, 2.45) is 15.4 Å². The Bertz CT molecular complexity index is 719. The van der Waals surface area contributed by atoms with Crippen molar-refractivity contribution in [3.63, 3.8) is 0 Å². The third-order valence-electron chi connectivity index (χ3n) is 4.92. The summed E-state index contributed by atoms with van der Waals surface area (Å²) < 4.78 is 0. The Morgan fingerprint density at radius 3 is 2.83 bits per heavy atom. The lowest BCUT2D eigenvalue weighted by atomic mass is 9.97. The lowest BCUT2D eigenvalue weighted by Gasteiger charge is -2.34. The highest BCUT2D eigenvalue weighted by molar-refractivity contribution is 7.82. The van der Waals surface area contributed by atoms with Crippen LogP contribution < -0.4 is 5.32 Å². The molecule has 0 spiro atoms. The van der Waals surface area contributed by atoms with Crippen LogP contribution in [0.15, 0.2) is 58.0 Å². The van der Waals surface area contributed by atoms with Gasteiger partial charge in [0.2, 0.25) is 0 Å². The standard InChI is InChI=1S/C18H22N4S/c1-11(2)21-12-8-15-13(14-4-7-19-14)9-20-17(22(15)10-12)16(23)18(3)5-6-18/h4-7,12,16,21,23H,1,8-10H2,2-3H3. The molecule has 120 valence electrons. The van der Waals surface area contributed by atoms with Gasteiger partial charge in [-0.1, -0.05) is 25.7 Å². The Morgan fingerprint density at radius 2 is 2.26 bits per heavy atom. The van der Waals surface area contributed by atoms with Crippen LogP contribution in [0.3, 0.4) is 0 Å². The van der Waals surface area contributed by atoms with Crippen LogP contribution in [0.1, 0.15) is 20.3 Å². The lowest BCUT2D eigenvalue weighted by molar-refractivity contribution is 0.497. The maximum atomic E-state index is 4.88. The molecule has 4 rings (SSSR count). The highest BCUT2D eigenvalue weighted by Crippen LogP contribution is 2.44. The van der Waals surface area contributed by atoms with Crippen LogP contribution in [0.2, 0.25) is 0 Å². The van der Waals surface area contributed by atoms with E-state index >= 15 is 0 Å². The van der Waals surface area contributed by atoms with E-state index in [1.54, 1.807) is 0 Å². The van der Waals surface area contributed by atoms with Crippen molar-refractivity contribution in [3.05, 3.63) is 48.0 Å². The number of fused-ring (bicyclic) bond motifs is 1. The average Bonchev–Trinajstić information content (AvgIpc) is 3.04. The molecule has 4 aliphatic rings. The van der Waals surface area contributed by atoms with Crippen LogP contribution in [0.5, 0.6) is 0 Å². The third-order valence-corrected chi connectivity index (χ3v) is 5.71. The first-order chi connectivity index (χ1) is 11.0. The highest BCUT2D eigenvalue weighted by Gasteiger charge is 2.44. The summed E-state index contributed by atoms with van der Waals surface area (Å²) in [4.78, 5) is 11.6. The first kappa shape index (κ1) is 14.8. The summed E-state index contributed by atoms with van der Waals surface area (Å²) in [6.45, 7) is 9.83. The van der Waals surface area contributed by atoms with Crippen molar-refractivity contribution in [3.8, 4) is 0 Å². The number of hydrogen-bond donors (Lipinski definition) is 2. The van der Waals surface area contributed by atoms with Gasteiger partial charge in [-0.15, -0.1) is 0 Å². The van der Waals surface area contributed by atoms with Gasteiger partial charge in [-0.2, -0.15) is 12.6 Å². The third kappa shape index (κ3) is 2.47. The first-order valence-electron chi connectivity index (χ1n) is 8.07. The normalized spacial score (nSPS) is 28.0. The molecule has 3 aliphatic heterocycles. The van der Waals surface area contributed by atoms with Gasteiger partial charge in [0, 0.05) is 47.6 Å². The largest absolute Gasteiger partial charge is 0.384 e. The predicted molar refractivity (Wildman–Crippen MR) is 99.0 cm³/mol. The average molecular weight is 326 g/mol. The van der Waals surface area contributed by atoms with E-state index in [2.05, 4.69) is 46.9 Å². The molecule has 1 aliphatic carbocycles. The van der Waals surface area contributed by atoms with E-state index in [0.29, 0.717) is 12.6 Å². The van der Waals surface area contributed by atoms with Gasteiger partial charge in [-0.05, 0) is 13.0 Å². The van der Waals surface area contributed by atoms with Crippen molar-refractivity contribution >= 4 is 24.2 Å². The fourth-order valence-corrected chi connectivity index (χ4v) is 3.81. The van der Waals surface area contributed by atoms with Crippen LogP contribution in [-0.2, 0) is 0 Å². The molecule has 1 N–H and O–H groups in total. The van der Waals surface area contributed by atoms with Gasteiger partial charge >= 0.3 is 0 Å². The van der Waals surface area contributed by atoms with Gasteiger partial charge in [0.15, 0.2) is 0 Å². The Balaban J connectivity index is 1.63. The molecule has 0 amide bonds. The van der Waals surface area contributed by atoms with Crippen molar-refractivity contribution in [1.82, 2.24) is 10.2 Å². The molecule has 5 heteroatoms. The summed E-state index contributed by atoms with van der Waals surface area (Å²) in [5.41, 5.74) is 4.76. The molecule has 2 atom stereocenters. The quantitative estimate of drug-likeness (QED) is 0.602. The molecule has 0 aromatic rings. The minimum absolute atomic E-state index is 0.0678. The van der Waals surface area contributed by atoms with Crippen LogP contribution >= 0.6 is 12.6 Å². The summed E-state index contributed by atoms with van der Waals surface area (Å²) in [7, 11) is 0. The summed E-state index contributed by atoms with van der Waals surface area (Å²) >= 11 is 4.88. The maximum absolute atomic E-state index is 4.88. The zero-order valence-electron chi connectivity index (χ0n) is 13.6. The molecule has 0 bridgehead atoms. The minimum atomic E-state index is 0.0678. The molecule has 3 heterocycles. The number of aliphatic imine (C=N–C) groups is 2. The fraction of sp³-hybridized carbons (Fsp3) is 0.444. The second kappa shape index (κ2) is 5.13. The minimum Gasteiger partial charge on any atom is -0.384 e. The Hall–Kier alpha value is -1.75. The number of rotatable bonds is 5. The number of thiol groups is 1. The van der Waals surface area contributed by atoms with Gasteiger partial charge in [-0.25, -0.2) is 0 Å². The Kier molecular flexibility index (Phi) is 3.30. The van der Waals surface area contributed by atoms with E-state index in [0.717, 1.165) is 30.2 Å². The summed E-state index contributed by atoms with van der Waals surface area (Å²) in [6, 6.07) is 0.367. The van der Waals surface area contributed by atoms with Gasteiger partial charge in [0.1, 0.15) is 5.84 Å². The number of nitrogens with zero attached hydrogens (tertiary/aromatic N) is 3. The highest BCUT2D eigenvalue weighted by atomic mass is 32.1. The molecule has 2 unspecified atom stereocenters. The fourth-order valence-electron chi connectivity index (χ4n) is 3.42. The molecule has 0 radical (unpaired) electrons. The van der Waals surface area contributed by atoms with E-state index in [4.69, 9.17) is 17.6 Å². The number of nitrogens with one attached hydrogen (secondary N) is 1. The zero-order chi connectivity index (χ0) is 16.2. The van der Waals surface area contributed by atoms with E-state index < -0.39 is 0 Å². The molecule has 0 aromatic carbocycles. The second-order valence-electron chi connectivity index (χ2n) is 6.97. The van der Waals surface area contributed by atoms with E-state index in [1.807, 2.05) is 13.1 Å². The molecule has 4 nitrogen and oxygen atoms in total. The lowest BCUT2D eigenvalue weighted by Crippen LogP contribution is -2.43. The number of allylic oxidation sites excluding steroid dienone is 4. The Morgan fingerprint density at radius 1 is 1.52 bits per heavy atom. The number of amidine groups is 1. The first-order valence-corrected chi connectivity index (χ1v) is 8.59. The van der Waals surface area contributed by atoms with E-state index in [-0.39, 0.29) is 10.7 Å². The summed E-state index contributed by atoms with van der Waals surface area (Å²) in [5, 5.41) is 3.60. The van der Waals surface area contributed by atoms with Crippen LogP contribution in [0.4, 0.5) is 0 Å². The van der Waals surface area contributed by atoms with Crippen LogP contribution in [0, 0.1) is 5.41 Å². The summed E-state index contributed by atoms with van der Waals surface area (Å²) in [5.74, 6) is 1.09.